The van der Waals surface area contributed by atoms with E-state index in [-0.39, 0.29) is 5.78 Å². The number of carbonyl (C=O) groups excluding carboxylic acids is 1. The minimum atomic E-state index is -0.115. The number of nitrogens with zero attached hydrogens (tertiary/aromatic N) is 2. The molecule has 3 nitrogen and oxygen atoms in total. The van der Waals surface area contributed by atoms with Gasteiger partial charge in [-0.1, -0.05) is 30.9 Å². The molecule has 79 valence electrons. The second kappa shape index (κ2) is 4.14. The van der Waals surface area contributed by atoms with Gasteiger partial charge in [0.25, 0.3) is 0 Å². The molecular weight excluding hydrogens is 200 g/mol. The average molecular weight is 211 g/mol. The van der Waals surface area contributed by atoms with E-state index in [4.69, 9.17) is 0 Å². The second-order valence-corrected chi connectivity index (χ2v) is 3.35. The quantitative estimate of drug-likeness (QED) is 0.425. The largest absolute Gasteiger partial charge is 0.287 e. The molecule has 0 saturated heterocycles. The first-order valence-electron chi connectivity index (χ1n) is 4.84. The summed E-state index contributed by atoms with van der Waals surface area (Å²) < 4.78 is 0. The third-order valence-corrected chi connectivity index (χ3v) is 2.26. The molecule has 0 fully saturated rings. The summed E-state index contributed by atoms with van der Waals surface area (Å²) in [5.41, 5.74) is 1.76. The molecule has 0 atom stereocenters. The molecule has 0 bridgehead atoms. The number of hydrogen-bond donors (Lipinski definition) is 0. The SMILES string of the molecule is C=NN(C(=C)C(=O)C1=C[CH]1)c1ccccc1. The van der Waals surface area contributed by atoms with E-state index in [9.17, 15) is 4.79 Å². The van der Waals surface area contributed by atoms with Crippen LogP contribution in [0.25, 0.3) is 0 Å². The first-order chi connectivity index (χ1) is 7.74. The summed E-state index contributed by atoms with van der Waals surface area (Å²) in [6, 6.07) is 9.32. The van der Waals surface area contributed by atoms with Crippen molar-refractivity contribution in [3.05, 3.63) is 60.7 Å². The van der Waals surface area contributed by atoms with Crippen LogP contribution in [-0.2, 0) is 4.79 Å². The monoisotopic (exact) mass is 211 g/mol. The minimum Gasteiger partial charge on any atom is -0.287 e. The fourth-order valence-corrected chi connectivity index (χ4v) is 1.35. The molecule has 1 aliphatic rings. The number of anilines is 1. The summed E-state index contributed by atoms with van der Waals surface area (Å²) >= 11 is 0. The number of Topliss-reactive ketones (excluding diaryl/α,β-unsaturated/α-hetero) is 1. The van der Waals surface area contributed by atoms with Crippen LogP contribution < -0.4 is 5.01 Å². The highest BCUT2D eigenvalue weighted by Crippen LogP contribution is 2.25. The van der Waals surface area contributed by atoms with E-state index < -0.39 is 0 Å². The van der Waals surface area contributed by atoms with Crippen LogP contribution in [0.4, 0.5) is 5.69 Å². The van der Waals surface area contributed by atoms with E-state index in [0.29, 0.717) is 11.3 Å². The fourth-order valence-electron chi connectivity index (χ4n) is 1.35. The minimum absolute atomic E-state index is 0.115. The lowest BCUT2D eigenvalue weighted by molar-refractivity contribution is -0.111. The average Bonchev–Trinajstić information content (AvgIpc) is 3.14. The van der Waals surface area contributed by atoms with Crippen molar-refractivity contribution in [1.29, 1.82) is 0 Å². The molecule has 0 unspecified atom stereocenters. The van der Waals surface area contributed by atoms with Crippen LogP contribution in [0.2, 0.25) is 0 Å². The van der Waals surface area contributed by atoms with Crippen LogP contribution in [0.15, 0.2) is 59.4 Å². The number of rotatable bonds is 5. The number of hydrogen-bond acceptors (Lipinski definition) is 3. The van der Waals surface area contributed by atoms with Gasteiger partial charge in [0.2, 0.25) is 5.78 Å². The lowest BCUT2D eigenvalue weighted by atomic mass is 10.2. The standard InChI is InChI=1S/C13H11N2O/c1-10(13(16)11-8-9-11)15(14-2)12-6-4-3-5-7-12/h3-9H,1-2H2. The number of hydrazone groups is 1. The molecule has 0 N–H and O–H groups in total. The summed E-state index contributed by atoms with van der Waals surface area (Å²) in [6.45, 7) is 7.20. The Kier molecular flexibility index (Phi) is 2.68. The maximum absolute atomic E-state index is 11.8. The Hall–Kier alpha value is -2.16. The van der Waals surface area contributed by atoms with Crippen molar-refractivity contribution in [2.75, 3.05) is 5.01 Å². The Morgan fingerprint density at radius 2 is 1.88 bits per heavy atom. The molecule has 16 heavy (non-hydrogen) atoms. The van der Waals surface area contributed by atoms with Crippen molar-refractivity contribution in [3.8, 4) is 0 Å². The van der Waals surface area contributed by atoms with Gasteiger partial charge in [-0.25, -0.2) is 5.01 Å². The van der Waals surface area contributed by atoms with Gasteiger partial charge in [0.15, 0.2) is 0 Å². The molecule has 1 aromatic rings. The zero-order chi connectivity index (χ0) is 11.5. The van der Waals surface area contributed by atoms with Crippen molar-refractivity contribution in [2.45, 2.75) is 0 Å². The number of ketones is 1. The topological polar surface area (TPSA) is 32.7 Å². The van der Waals surface area contributed by atoms with Crippen molar-refractivity contribution in [2.24, 2.45) is 5.10 Å². The molecule has 0 amide bonds. The number of carbonyl (C=O) groups is 1. The van der Waals surface area contributed by atoms with Crippen LogP contribution in [0.1, 0.15) is 0 Å². The van der Waals surface area contributed by atoms with Gasteiger partial charge in [0.1, 0.15) is 5.70 Å². The first kappa shape index (κ1) is 10.4. The van der Waals surface area contributed by atoms with Crippen LogP contribution in [0.3, 0.4) is 0 Å². The highest BCUT2D eigenvalue weighted by atomic mass is 16.1. The lowest BCUT2D eigenvalue weighted by Crippen LogP contribution is -2.20. The van der Waals surface area contributed by atoms with Gasteiger partial charge < -0.3 is 0 Å². The van der Waals surface area contributed by atoms with E-state index in [1.165, 1.54) is 5.01 Å². The van der Waals surface area contributed by atoms with Gasteiger partial charge in [-0.05, 0) is 12.1 Å². The van der Waals surface area contributed by atoms with Crippen LogP contribution in [-0.4, -0.2) is 12.5 Å². The third-order valence-electron chi connectivity index (χ3n) is 2.26. The lowest BCUT2D eigenvalue weighted by Gasteiger charge is -2.18. The Labute approximate surface area is 94.4 Å². The maximum atomic E-state index is 11.8. The predicted octanol–water partition coefficient (Wildman–Crippen LogP) is 2.34. The van der Waals surface area contributed by atoms with E-state index in [0.717, 1.165) is 5.69 Å². The van der Waals surface area contributed by atoms with Crippen LogP contribution in [0.5, 0.6) is 0 Å². The Bertz CT molecular complexity index is 474. The van der Waals surface area contributed by atoms with E-state index in [1.807, 2.05) is 30.3 Å². The maximum Gasteiger partial charge on any atom is 0.207 e. The smallest absolute Gasteiger partial charge is 0.207 e. The molecule has 3 heteroatoms. The van der Waals surface area contributed by atoms with Crippen molar-refractivity contribution >= 4 is 18.2 Å². The van der Waals surface area contributed by atoms with Crippen molar-refractivity contribution < 1.29 is 4.79 Å². The number of benzene rings is 1. The molecule has 1 aliphatic carbocycles. The molecular formula is C13H11N2O. The zero-order valence-electron chi connectivity index (χ0n) is 8.76. The zero-order valence-corrected chi connectivity index (χ0v) is 8.76. The summed E-state index contributed by atoms with van der Waals surface area (Å²) in [6.07, 6.45) is 3.50. The van der Waals surface area contributed by atoms with Gasteiger partial charge >= 0.3 is 0 Å². The van der Waals surface area contributed by atoms with E-state index in [2.05, 4.69) is 18.4 Å². The number of allylic oxidation sites excluding steroid dienone is 2. The van der Waals surface area contributed by atoms with Crippen molar-refractivity contribution in [1.82, 2.24) is 0 Å². The summed E-state index contributed by atoms with van der Waals surface area (Å²) in [7, 11) is 0. The van der Waals surface area contributed by atoms with Crippen LogP contribution >= 0.6 is 0 Å². The second-order valence-electron chi connectivity index (χ2n) is 3.35. The van der Waals surface area contributed by atoms with Gasteiger partial charge in [-0.2, -0.15) is 5.10 Å². The first-order valence-corrected chi connectivity index (χ1v) is 4.84. The Balaban J connectivity index is 2.23. The van der Waals surface area contributed by atoms with E-state index in [1.54, 1.807) is 12.5 Å². The third kappa shape index (κ3) is 1.93. The molecule has 0 saturated carbocycles. The summed E-state index contributed by atoms with van der Waals surface area (Å²) in [5.74, 6) is -0.115. The Morgan fingerprint density at radius 1 is 1.25 bits per heavy atom. The molecule has 0 spiro atoms. The van der Waals surface area contributed by atoms with Crippen LogP contribution in [0, 0.1) is 6.42 Å². The predicted molar refractivity (Wildman–Crippen MR) is 65.0 cm³/mol. The van der Waals surface area contributed by atoms with Gasteiger partial charge in [-0.15, -0.1) is 0 Å². The Morgan fingerprint density at radius 3 is 2.38 bits per heavy atom. The molecule has 1 radical (unpaired) electrons. The fraction of sp³-hybridized carbons (Fsp3) is 0. The number of para-hydroxylation sites is 1. The van der Waals surface area contributed by atoms with Gasteiger partial charge in [0, 0.05) is 18.7 Å². The molecule has 0 heterocycles. The summed E-state index contributed by atoms with van der Waals surface area (Å²) in [5, 5.41) is 5.25. The molecule has 0 aromatic heterocycles. The molecule has 1 aromatic carbocycles. The van der Waals surface area contributed by atoms with E-state index >= 15 is 0 Å². The highest BCUT2D eigenvalue weighted by molar-refractivity contribution is 6.14. The molecule has 2 rings (SSSR count). The highest BCUT2D eigenvalue weighted by Gasteiger charge is 2.24. The van der Waals surface area contributed by atoms with Gasteiger partial charge in [-0.3, -0.25) is 4.79 Å². The molecule has 0 aliphatic heterocycles. The normalized spacial score (nSPS) is 12.6. The van der Waals surface area contributed by atoms with Gasteiger partial charge in [0.05, 0.1) is 5.69 Å². The van der Waals surface area contributed by atoms with Crippen molar-refractivity contribution in [3.63, 3.8) is 0 Å². The summed E-state index contributed by atoms with van der Waals surface area (Å²) in [4.78, 5) is 11.8.